The van der Waals surface area contributed by atoms with Crippen LogP contribution in [0.4, 0.5) is 4.79 Å². The molecule has 0 spiro atoms. The number of aromatic amines is 1. The van der Waals surface area contributed by atoms with Gasteiger partial charge in [0, 0.05) is 48.5 Å². The summed E-state index contributed by atoms with van der Waals surface area (Å²) in [6, 6.07) is 7.29. The number of hydrogen-bond donors (Lipinski definition) is 2. The molecule has 166 valence electrons. The van der Waals surface area contributed by atoms with Crippen molar-refractivity contribution in [2.24, 2.45) is 0 Å². The van der Waals surface area contributed by atoms with Gasteiger partial charge in [-0.05, 0) is 50.9 Å². The lowest BCUT2D eigenvalue weighted by Crippen LogP contribution is -2.56. The molecule has 1 aliphatic heterocycles. The number of carbonyl (C=O) groups is 1. The number of hydrogen-bond acceptors (Lipinski definition) is 2. The Hall–Kier alpha value is -2.23. The molecule has 31 heavy (non-hydrogen) atoms. The Bertz CT molecular complexity index is 1040. The van der Waals surface area contributed by atoms with Gasteiger partial charge < -0.3 is 20.1 Å². The monoisotopic (exact) mass is 436 g/mol. The number of likely N-dealkylation sites (N-methyl/N-ethyl adjacent to an activating group) is 1. The summed E-state index contributed by atoms with van der Waals surface area (Å²) >= 11 is 0. The second kappa shape index (κ2) is 8.37. The lowest BCUT2D eigenvalue weighted by molar-refractivity contribution is 0.124. The molecule has 1 aromatic heterocycles. The van der Waals surface area contributed by atoms with Gasteiger partial charge in [0.25, 0.3) is 0 Å². The summed E-state index contributed by atoms with van der Waals surface area (Å²) in [5.74, 6) is 3.92. The number of carbonyl (C=O) groups excluding carboxylic acids is 1. The average Bonchev–Trinajstić information content (AvgIpc) is 3.07. The molecule has 0 saturated carbocycles. The SMILES string of the molecule is CCN(CC)C(=O)N[C@@H]1CC2c3cccc4[nH]c(C#C[Si](C)(C)C)c(c34)C[C@H]2N(C)C1. The minimum absolute atomic E-state index is 0.0575. The number of fused-ring (bicyclic) bond motifs is 2. The number of aromatic nitrogens is 1. The van der Waals surface area contributed by atoms with Gasteiger partial charge in [-0.15, -0.1) is 5.54 Å². The van der Waals surface area contributed by atoms with Crippen molar-refractivity contribution in [2.45, 2.75) is 64.3 Å². The number of H-pyrrole nitrogens is 1. The van der Waals surface area contributed by atoms with E-state index in [4.69, 9.17) is 0 Å². The van der Waals surface area contributed by atoms with Gasteiger partial charge in [-0.3, -0.25) is 0 Å². The fourth-order valence-corrected chi connectivity index (χ4v) is 5.77. The number of likely N-dealkylation sites (tertiary alicyclic amines) is 1. The van der Waals surface area contributed by atoms with Crippen molar-refractivity contribution in [3.8, 4) is 11.5 Å². The van der Waals surface area contributed by atoms with E-state index in [2.05, 4.69) is 71.6 Å². The van der Waals surface area contributed by atoms with Crippen LogP contribution in [-0.2, 0) is 6.42 Å². The number of rotatable bonds is 3. The van der Waals surface area contributed by atoms with Crippen molar-refractivity contribution >= 4 is 25.0 Å². The fourth-order valence-electron chi connectivity index (χ4n) is 5.27. The standard InChI is InChI=1S/C25H36N4OSi/c1-7-29(8-2)25(30)26-17-14-19-18-10-9-11-22-24(18)20(15-23(19)28(3)16-17)21(27-22)12-13-31(4,5)6/h9-11,17,19,23,27H,7-8,14-16H2,1-6H3,(H,26,30)/t17-,19?,23-/m1/s1. The maximum absolute atomic E-state index is 12.7. The van der Waals surface area contributed by atoms with Gasteiger partial charge in [-0.2, -0.15) is 0 Å². The van der Waals surface area contributed by atoms with Crippen molar-refractivity contribution in [1.82, 2.24) is 20.1 Å². The zero-order chi connectivity index (χ0) is 22.3. The number of nitrogens with zero attached hydrogens (tertiary/aromatic N) is 2. The van der Waals surface area contributed by atoms with E-state index in [1.165, 1.54) is 22.0 Å². The van der Waals surface area contributed by atoms with Crippen LogP contribution in [0, 0.1) is 11.5 Å². The quantitative estimate of drug-likeness (QED) is 0.561. The van der Waals surface area contributed by atoms with Crippen molar-refractivity contribution in [1.29, 1.82) is 0 Å². The molecule has 1 fully saturated rings. The molecule has 1 saturated heterocycles. The minimum atomic E-state index is -1.44. The predicted octanol–water partition coefficient (Wildman–Crippen LogP) is 4.16. The van der Waals surface area contributed by atoms with Crippen LogP contribution in [0.2, 0.25) is 19.6 Å². The Morgan fingerprint density at radius 1 is 1.29 bits per heavy atom. The van der Waals surface area contributed by atoms with Crippen molar-refractivity contribution in [3.63, 3.8) is 0 Å². The molecule has 2 amide bonds. The highest BCUT2D eigenvalue weighted by Gasteiger charge is 2.40. The molecule has 2 heterocycles. The molecular formula is C25H36N4OSi. The summed E-state index contributed by atoms with van der Waals surface area (Å²) in [6.45, 7) is 13.3. The summed E-state index contributed by atoms with van der Waals surface area (Å²) in [7, 11) is 0.762. The molecule has 2 aromatic rings. The highest BCUT2D eigenvalue weighted by molar-refractivity contribution is 6.83. The Morgan fingerprint density at radius 3 is 2.71 bits per heavy atom. The first-order valence-corrected chi connectivity index (χ1v) is 15.1. The Kier molecular flexibility index (Phi) is 5.93. The van der Waals surface area contributed by atoms with Crippen LogP contribution in [0.1, 0.15) is 43.0 Å². The molecule has 3 atom stereocenters. The van der Waals surface area contributed by atoms with Gasteiger partial charge in [-0.1, -0.05) is 37.7 Å². The molecule has 1 aliphatic carbocycles. The van der Waals surface area contributed by atoms with Crippen LogP contribution in [0.3, 0.4) is 0 Å². The molecule has 4 rings (SSSR count). The van der Waals surface area contributed by atoms with Crippen LogP contribution in [0.5, 0.6) is 0 Å². The van der Waals surface area contributed by atoms with Crippen LogP contribution < -0.4 is 5.32 Å². The number of urea groups is 1. The van der Waals surface area contributed by atoms with Crippen molar-refractivity contribution in [2.75, 3.05) is 26.7 Å². The van der Waals surface area contributed by atoms with Gasteiger partial charge in [-0.25, -0.2) is 4.79 Å². The number of piperidine rings is 1. The molecule has 1 unspecified atom stereocenters. The molecule has 6 heteroatoms. The third-order valence-corrected chi connectivity index (χ3v) is 7.67. The van der Waals surface area contributed by atoms with Gasteiger partial charge in [0.1, 0.15) is 8.07 Å². The summed E-state index contributed by atoms with van der Waals surface area (Å²) in [5, 5.41) is 4.67. The third-order valence-electron chi connectivity index (χ3n) is 6.79. The van der Waals surface area contributed by atoms with E-state index in [9.17, 15) is 4.79 Å². The van der Waals surface area contributed by atoms with Crippen molar-refractivity contribution < 1.29 is 4.79 Å². The largest absolute Gasteiger partial charge is 0.348 e. The van der Waals surface area contributed by atoms with Crippen molar-refractivity contribution in [3.05, 3.63) is 35.0 Å². The van der Waals surface area contributed by atoms with Crippen LogP contribution in [0.25, 0.3) is 10.9 Å². The third kappa shape index (κ3) is 4.26. The maximum atomic E-state index is 12.7. The summed E-state index contributed by atoms with van der Waals surface area (Å²) in [4.78, 5) is 20.6. The summed E-state index contributed by atoms with van der Waals surface area (Å²) in [6.07, 6.45) is 2.01. The number of amides is 2. The van der Waals surface area contributed by atoms with Gasteiger partial charge in [0.15, 0.2) is 0 Å². The van der Waals surface area contributed by atoms with E-state index in [0.717, 1.165) is 38.2 Å². The molecule has 1 aromatic carbocycles. The molecular weight excluding hydrogens is 400 g/mol. The fraction of sp³-hybridized carbons (Fsp3) is 0.560. The summed E-state index contributed by atoms with van der Waals surface area (Å²) in [5.41, 5.74) is 8.64. The molecule has 2 aliphatic rings. The molecule has 0 radical (unpaired) electrons. The zero-order valence-corrected chi connectivity index (χ0v) is 20.8. The first-order chi connectivity index (χ1) is 14.7. The lowest BCUT2D eigenvalue weighted by atomic mass is 9.73. The Morgan fingerprint density at radius 2 is 2.03 bits per heavy atom. The average molecular weight is 437 g/mol. The molecule has 2 N–H and O–H groups in total. The second-order valence-electron chi connectivity index (χ2n) is 10.1. The second-order valence-corrected chi connectivity index (χ2v) is 14.9. The topological polar surface area (TPSA) is 51.4 Å². The first-order valence-electron chi connectivity index (χ1n) is 11.6. The summed E-state index contributed by atoms with van der Waals surface area (Å²) < 4.78 is 0. The lowest BCUT2D eigenvalue weighted by Gasteiger charge is -2.46. The van der Waals surface area contributed by atoms with Gasteiger partial charge in [0.2, 0.25) is 0 Å². The van der Waals surface area contributed by atoms with Gasteiger partial charge >= 0.3 is 6.03 Å². The molecule has 0 bridgehead atoms. The minimum Gasteiger partial charge on any atom is -0.348 e. The number of benzene rings is 1. The maximum Gasteiger partial charge on any atom is 0.317 e. The molecule has 5 nitrogen and oxygen atoms in total. The number of nitrogens with one attached hydrogen (secondary N) is 2. The van der Waals surface area contributed by atoms with E-state index in [-0.39, 0.29) is 12.1 Å². The van der Waals surface area contributed by atoms with E-state index in [1.54, 1.807) is 0 Å². The highest BCUT2D eigenvalue weighted by atomic mass is 28.3. The Balaban J connectivity index is 1.67. The van der Waals surface area contributed by atoms with Crippen LogP contribution >= 0.6 is 0 Å². The van der Waals surface area contributed by atoms with E-state index in [1.807, 2.05) is 18.7 Å². The van der Waals surface area contributed by atoms with E-state index < -0.39 is 8.07 Å². The van der Waals surface area contributed by atoms with E-state index >= 15 is 0 Å². The zero-order valence-electron chi connectivity index (χ0n) is 19.8. The predicted molar refractivity (Wildman–Crippen MR) is 131 cm³/mol. The van der Waals surface area contributed by atoms with Gasteiger partial charge in [0.05, 0.1) is 5.69 Å². The van der Waals surface area contributed by atoms with E-state index in [0.29, 0.717) is 12.0 Å². The first kappa shape index (κ1) is 22.0. The van der Waals surface area contributed by atoms with Crippen LogP contribution in [0.15, 0.2) is 18.2 Å². The Labute approximate surface area is 187 Å². The smallest absolute Gasteiger partial charge is 0.317 e. The highest BCUT2D eigenvalue weighted by Crippen LogP contribution is 2.44. The normalized spacial score (nSPS) is 23.1. The van der Waals surface area contributed by atoms with Crippen LogP contribution in [-0.4, -0.2) is 67.7 Å².